The lowest BCUT2D eigenvalue weighted by Crippen LogP contribution is -2.51. The second-order valence-electron chi connectivity index (χ2n) is 3.81. The smallest absolute Gasteiger partial charge is 0.216 e. The van der Waals surface area contributed by atoms with Crippen molar-refractivity contribution in [1.29, 1.82) is 0 Å². The fourth-order valence-corrected chi connectivity index (χ4v) is 1.41. The van der Waals surface area contributed by atoms with Gasteiger partial charge in [-0.05, 0) is 6.92 Å². The number of hydrogen-bond acceptors (Lipinski definition) is 6. The highest BCUT2D eigenvalue weighted by atomic mass is 16.7. The largest absolute Gasteiger partial charge is 0.382 e. The summed E-state index contributed by atoms with van der Waals surface area (Å²) in [7, 11) is 6.09. The van der Waals surface area contributed by atoms with Gasteiger partial charge in [-0.15, -0.1) is 0 Å². The van der Waals surface area contributed by atoms with Crippen LogP contribution in [0.15, 0.2) is 0 Å². The maximum Gasteiger partial charge on any atom is 0.216 e. The molecule has 0 aromatic carbocycles. The van der Waals surface area contributed by atoms with E-state index < -0.39 is 11.9 Å². The molecule has 0 aromatic heterocycles. The second kappa shape index (κ2) is 8.79. The Kier molecular flexibility index (Phi) is 8.67. The van der Waals surface area contributed by atoms with E-state index in [1.807, 2.05) is 0 Å². The van der Waals surface area contributed by atoms with E-state index in [2.05, 4.69) is 0 Å². The van der Waals surface area contributed by atoms with Gasteiger partial charge in [0.05, 0.1) is 13.2 Å². The molecule has 17 heavy (non-hydrogen) atoms. The van der Waals surface area contributed by atoms with E-state index in [4.69, 9.17) is 23.7 Å². The summed E-state index contributed by atoms with van der Waals surface area (Å²) in [5, 5.41) is 10.3. The van der Waals surface area contributed by atoms with Gasteiger partial charge in [-0.25, -0.2) is 0 Å². The van der Waals surface area contributed by atoms with E-state index >= 15 is 0 Å². The molecule has 0 aromatic rings. The van der Waals surface area contributed by atoms with Gasteiger partial charge in [-0.1, -0.05) is 0 Å². The van der Waals surface area contributed by atoms with Gasteiger partial charge in [0.15, 0.2) is 0 Å². The summed E-state index contributed by atoms with van der Waals surface area (Å²) in [5.74, 6) is -1.52. The average Bonchev–Trinajstić information content (AvgIpc) is 2.29. The van der Waals surface area contributed by atoms with E-state index in [0.29, 0.717) is 13.2 Å². The van der Waals surface area contributed by atoms with E-state index in [0.717, 1.165) is 0 Å². The van der Waals surface area contributed by atoms with Gasteiger partial charge in [0, 0.05) is 28.4 Å². The predicted octanol–water partition coefficient (Wildman–Crippen LogP) is 0.0343. The fourth-order valence-electron chi connectivity index (χ4n) is 1.41. The first-order valence-electron chi connectivity index (χ1n) is 5.43. The van der Waals surface area contributed by atoms with Gasteiger partial charge >= 0.3 is 0 Å². The Morgan fingerprint density at radius 2 is 1.53 bits per heavy atom. The molecule has 0 rings (SSSR count). The molecule has 0 unspecified atom stereocenters. The van der Waals surface area contributed by atoms with Crippen molar-refractivity contribution in [2.45, 2.75) is 24.9 Å². The third-order valence-electron chi connectivity index (χ3n) is 2.42. The summed E-state index contributed by atoms with van der Waals surface area (Å²) in [6, 6.07) is 0. The lowest BCUT2D eigenvalue weighted by Gasteiger charge is -2.35. The number of ether oxygens (including phenoxy) is 5. The van der Waals surface area contributed by atoms with Gasteiger partial charge in [-0.2, -0.15) is 0 Å². The molecule has 0 spiro atoms. The third kappa shape index (κ3) is 5.76. The van der Waals surface area contributed by atoms with Gasteiger partial charge in [0.25, 0.3) is 0 Å². The molecule has 0 bridgehead atoms. The highest BCUT2D eigenvalue weighted by molar-refractivity contribution is 4.77. The van der Waals surface area contributed by atoms with Crippen molar-refractivity contribution in [3.05, 3.63) is 0 Å². The van der Waals surface area contributed by atoms with Gasteiger partial charge < -0.3 is 28.8 Å². The minimum Gasteiger partial charge on any atom is -0.382 e. The van der Waals surface area contributed by atoms with E-state index in [9.17, 15) is 5.11 Å². The number of methoxy groups -OCH3 is 4. The van der Waals surface area contributed by atoms with Gasteiger partial charge in [0.2, 0.25) is 5.79 Å². The topological polar surface area (TPSA) is 66.4 Å². The summed E-state index contributed by atoms with van der Waals surface area (Å²) in [4.78, 5) is 0. The molecule has 0 radical (unpaired) electrons. The Balaban J connectivity index is 4.56. The molecule has 6 heteroatoms. The summed E-state index contributed by atoms with van der Waals surface area (Å²) in [5.41, 5.74) is 0. The standard InChI is InChI=1S/C11H24O6/c1-9(16-5)11(12,8-15-4)17-10(6-13-2)7-14-3/h9-10,12H,6-8H2,1-5H3/t9-,11-/m1/s1. The Morgan fingerprint density at radius 1 is 1.00 bits per heavy atom. The zero-order chi connectivity index (χ0) is 13.3. The van der Waals surface area contributed by atoms with Crippen molar-refractivity contribution in [2.24, 2.45) is 0 Å². The first kappa shape index (κ1) is 16.8. The molecule has 0 heterocycles. The van der Waals surface area contributed by atoms with Crippen LogP contribution in [0.1, 0.15) is 6.92 Å². The fraction of sp³-hybridized carbons (Fsp3) is 1.00. The zero-order valence-electron chi connectivity index (χ0n) is 11.3. The molecule has 0 saturated heterocycles. The Bertz CT molecular complexity index is 183. The highest BCUT2D eigenvalue weighted by Crippen LogP contribution is 2.18. The van der Waals surface area contributed by atoms with Crippen LogP contribution in [-0.4, -0.2) is 71.4 Å². The molecule has 1 N–H and O–H groups in total. The molecule has 0 aliphatic carbocycles. The van der Waals surface area contributed by atoms with Crippen LogP contribution in [0, 0.1) is 0 Å². The van der Waals surface area contributed by atoms with Crippen molar-refractivity contribution in [3.8, 4) is 0 Å². The van der Waals surface area contributed by atoms with Crippen LogP contribution in [0.5, 0.6) is 0 Å². The van der Waals surface area contributed by atoms with Crippen molar-refractivity contribution >= 4 is 0 Å². The monoisotopic (exact) mass is 252 g/mol. The van der Waals surface area contributed by atoms with Crippen LogP contribution in [0.4, 0.5) is 0 Å². The van der Waals surface area contributed by atoms with Crippen LogP contribution < -0.4 is 0 Å². The predicted molar refractivity (Wildman–Crippen MR) is 61.9 cm³/mol. The van der Waals surface area contributed by atoms with Crippen LogP contribution >= 0.6 is 0 Å². The molecule has 6 nitrogen and oxygen atoms in total. The quantitative estimate of drug-likeness (QED) is 0.554. The minimum absolute atomic E-state index is 0.00589. The number of hydrogen-bond donors (Lipinski definition) is 1. The molecule has 104 valence electrons. The van der Waals surface area contributed by atoms with E-state index in [-0.39, 0.29) is 12.7 Å². The summed E-state index contributed by atoms with van der Waals surface area (Å²) in [6.07, 6.45) is -0.915. The zero-order valence-corrected chi connectivity index (χ0v) is 11.3. The maximum absolute atomic E-state index is 10.3. The SMILES string of the molecule is COCC(COC)O[C@](O)(COC)[C@@H](C)OC. The summed E-state index contributed by atoms with van der Waals surface area (Å²) < 4.78 is 25.6. The summed E-state index contributed by atoms with van der Waals surface area (Å²) >= 11 is 0. The third-order valence-corrected chi connectivity index (χ3v) is 2.42. The molecule has 0 aliphatic heterocycles. The van der Waals surface area contributed by atoms with E-state index in [1.54, 1.807) is 21.1 Å². The lowest BCUT2D eigenvalue weighted by atomic mass is 10.1. The molecule has 0 saturated carbocycles. The van der Waals surface area contributed by atoms with Crippen molar-refractivity contribution in [2.75, 3.05) is 48.3 Å². The Morgan fingerprint density at radius 3 is 1.88 bits per heavy atom. The van der Waals surface area contributed by atoms with Crippen molar-refractivity contribution < 1.29 is 28.8 Å². The van der Waals surface area contributed by atoms with Crippen LogP contribution in [-0.2, 0) is 23.7 Å². The first-order chi connectivity index (χ1) is 8.03. The highest BCUT2D eigenvalue weighted by Gasteiger charge is 2.38. The summed E-state index contributed by atoms with van der Waals surface area (Å²) in [6.45, 7) is 2.34. The van der Waals surface area contributed by atoms with Crippen LogP contribution in [0.2, 0.25) is 0 Å². The van der Waals surface area contributed by atoms with Crippen molar-refractivity contribution in [3.63, 3.8) is 0 Å². The number of aliphatic hydroxyl groups is 1. The molecular formula is C11H24O6. The van der Waals surface area contributed by atoms with Crippen LogP contribution in [0.25, 0.3) is 0 Å². The van der Waals surface area contributed by atoms with E-state index in [1.165, 1.54) is 14.2 Å². The number of rotatable bonds is 10. The molecule has 0 fully saturated rings. The first-order valence-corrected chi connectivity index (χ1v) is 5.43. The van der Waals surface area contributed by atoms with Crippen molar-refractivity contribution in [1.82, 2.24) is 0 Å². The second-order valence-corrected chi connectivity index (χ2v) is 3.81. The lowest BCUT2D eigenvalue weighted by molar-refractivity contribution is -0.302. The molecule has 0 aliphatic rings. The van der Waals surface area contributed by atoms with Gasteiger partial charge in [-0.3, -0.25) is 0 Å². The molecular weight excluding hydrogens is 228 g/mol. The average molecular weight is 252 g/mol. The maximum atomic E-state index is 10.3. The Hall–Kier alpha value is -0.240. The van der Waals surface area contributed by atoms with Crippen LogP contribution in [0.3, 0.4) is 0 Å². The molecule has 2 atom stereocenters. The normalized spacial score (nSPS) is 17.1. The molecule has 0 amide bonds. The Labute approximate surface area is 103 Å². The van der Waals surface area contributed by atoms with Gasteiger partial charge in [0.1, 0.15) is 18.8 Å². The minimum atomic E-state index is -1.52.